The van der Waals surface area contributed by atoms with Crippen LogP contribution in [-0.4, -0.2) is 35.3 Å². The van der Waals surface area contributed by atoms with Crippen LogP contribution in [0.1, 0.15) is 25.7 Å². The topological polar surface area (TPSA) is 64.3 Å². The van der Waals surface area contributed by atoms with Gasteiger partial charge < -0.3 is 15.4 Å². The predicted octanol–water partition coefficient (Wildman–Crippen LogP) is 1.86. The van der Waals surface area contributed by atoms with E-state index in [9.17, 15) is 0 Å². The van der Waals surface area contributed by atoms with Gasteiger partial charge >= 0.3 is 0 Å². The number of ether oxygens (including phenoxy) is 1. The van der Waals surface area contributed by atoms with Gasteiger partial charge in [0, 0.05) is 6.54 Å². The summed E-state index contributed by atoms with van der Waals surface area (Å²) in [5.74, 6) is 0.759. The van der Waals surface area contributed by atoms with Crippen molar-refractivity contribution in [2.24, 2.45) is 0 Å². The van der Waals surface area contributed by atoms with E-state index in [4.69, 9.17) is 22.1 Å². The number of hydrogen-bond acceptors (Lipinski definition) is 5. The van der Waals surface area contributed by atoms with E-state index in [0.29, 0.717) is 23.0 Å². The van der Waals surface area contributed by atoms with Crippen LogP contribution >= 0.6 is 11.6 Å². The van der Waals surface area contributed by atoms with Crippen LogP contribution in [-0.2, 0) is 4.74 Å². The molecule has 1 saturated carbocycles. The predicted molar refractivity (Wildman–Crippen MR) is 70.8 cm³/mol. The van der Waals surface area contributed by atoms with Crippen molar-refractivity contribution in [1.82, 2.24) is 9.97 Å². The molecule has 18 heavy (non-hydrogen) atoms. The van der Waals surface area contributed by atoms with Crippen LogP contribution in [0.3, 0.4) is 0 Å². The molecule has 0 spiro atoms. The number of aromatic nitrogens is 2. The molecule has 1 saturated heterocycles. The van der Waals surface area contributed by atoms with Crippen LogP contribution in [0.2, 0.25) is 5.15 Å². The minimum atomic E-state index is 0.306. The molecule has 1 aliphatic carbocycles. The fraction of sp³-hybridized carbons (Fsp3) is 0.667. The first-order chi connectivity index (χ1) is 8.77. The summed E-state index contributed by atoms with van der Waals surface area (Å²) in [6.45, 7) is 1.54. The first-order valence-electron chi connectivity index (χ1n) is 6.41. The minimum Gasteiger partial charge on any atom is -0.393 e. The van der Waals surface area contributed by atoms with Crippen molar-refractivity contribution >= 4 is 23.1 Å². The number of rotatable bonds is 1. The summed E-state index contributed by atoms with van der Waals surface area (Å²) in [7, 11) is 0. The summed E-state index contributed by atoms with van der Waals surface area (Å²) < 4.78 is 5.84. The highest BCUT2D eigenvalue weighted by atomic mass is 35.5. The molecular formula is C12H17ClN4O. The molecule has 1 aliphatic heterocycles. The lowest BCUT2D eigenvalue weighted by Gasteiger charge is -2.44. The average Bonchev–Trinajstić information content (AvgIpc) is 2.41. The van der Waals surface area contributed by atoms with Gasteiger partial charge in [0.15, 0.2) is 11.0 Å². The second-order valence-electron chi connectivity index (χ2n) is 4.86. The first-order valence-corrected chi connectivity index (χ1v) is 6.79. The number of hydrogen-bond donors (Lipinski definition) is 1. The smallest absolute Gasteiger partial charge is 0.157 e. The summed E-state index contributed by atoms with van der Waals surface area (Å²) in [6, 6.07) is 0.376. The fourth-order valence-corrected chi connectivity index (χ4v) is 3.08. The van der Waals surface area contributed by atoms with Crippen LogP contribution in [0.25, 0.3) is 0 Å². The molecule has 2 N–H and O–H groups in total. The van der Waals surface area contributed by atoms with Gasteiger partial charge in [-0.1, -0.05) is 24.4 Å². The van der Waals surface area contributed by atoms with Crippen LogP contribution in [0.4, 0.5) is 11.5 Å². The maximum absolute atomic E-state index is 6.00. The Hall–Kier alpha value is -1.07. The number of fused-ring (bicyclic) bond motifs is 1. The highest BCUT2D eigenvalue weighted by Gasteiger charge is 2.35. The Kier molecular flexibility index (Phi) is 3.26. The summed E-state index contributed by atoms with van der Waals surface area (Å²) >= 11 is 5.97. The van der Waals surface area contributed by atoms with Crippen LogP contribution in [0.5, 0.6) is 0 Å². The van der Waals surface area contributed by atoms with Crippen molar-refractivity contribution in [2.45, 2.75) is 37.8 Å². The molecule has 2 unspecified atom stereocenters. The van der Waals surface area contributed by atoms with Crippen molar-refractivity contribution in [2.75, 3.05) is 23.8 Å². The van der Waals surface area contributed by atoms with E-state index >= 15 is 0 Å². The third-order valence-corrected chi connectivity index (χ3v) is 4.12. The van der Waals surface area contributed by atoms with E-state index in [1.54, 1.807) is 0 Å². The fourth-order valence-electron chi connectivity index (χ4n) is 2.95. The van der Waals surface area contributed by atoms with Gasteiger partial charge in [-0.3, -0.25) is 0 Å². The molecule has 1 aromatic rings. The summed E-state index contributed by atoms with van der Waals surface area (Å²) in [4.78, 5) is 10.5. The largest absolute Gasteiger partial charge is 0.393 e. The number of nitrogen functional groups attached to an aromatic ring is 1. The molecule has 1 aromatic heterocycles. The summed E-state index contributed by atoms with van der Waals surface area (Å²) in [5.41, 5.74) is 6.47. The third kappa shape index (κ3) is 2.01. The Bertz CT molecular complexity index is 440. The summed E-state index contributed by atoms with van der Waals surface area (Å²) in [6.07, 6.45) is 6.52. The zero-order valence-electron chi connectivity index (χ0n) is 10.2. The van der Waals surface area contributed by atoms with Gasteiger partial charge in [0.25, 0.3) is 0 Å². The lowest BCUT2D eigenvalue weighted by molar-refractivity contribution is -0.00893. The quantitative estimate of drug-likeness (QED) is 0.788. The Morgan fingerprint density at radius 2 is 2.17 bits per heavy atom. The van der Waals surface area contributed by atoms with Crippen molar-refractivity contribution in [1.29, 1.82) is 0 Å². The SMILES string of the molecule is Nc1c(Cl)ncnc1N1CCOC2CCCCC21. The molecule has 0 amide bonds. The molecular weight excluding hydrogens is 252 g/mol. The molecule has 0 bridgehead atoms. The number of anilines is 2. The summed E-state index contributed by atoms with van der Waals surface area (Å²) in [5, 5.41) is 0.332. The van der Waals surface area contributed by atoms with Crippen molar-refractivity contribution in [3.63, 3.8) is 0 Å². The lowest BCUT2D eigenvalue weighted by atomic mass is 9.90. The molecule has 2 aliphatic rings. The Labute approximate surface area is 111 Å². The van der Waals surface area contributed by atoms with Gasteiger partial charge in [0.1, 0.15) is 12.0 Å². The molecule has 2 atom stereocenters. The Balaban J connectivity index is 1.92. The molecule has 0 aromatic carbocycles. The maximum Gasteiger partial charge on any atom is 0.157 e. The standard InChI is InChI=1S/C12H17ClN4O/c13-11-10(14)12(16-7-15-11)17-5-6-18-9-4-2-1-3-8(9)17/h7-9H,1-6,14H2. The normalized spacial score (nSPS) is 27.9. The number of halogens is 1. The van der Waals surface area contributed by atoms with Crippen molar-refractivity contribution in [3.8, 4) is 0 Å². The molecule has 98 valence electrons. The Morgan fingerprint density at radius 3 is 3.06 bits per heavy atom. The minimum absolute atomic E-state index is 0.306. The second kappa shape index (κ2) is 4.90. The zero-order chi connectivity index (χ0) is 12.5. The van der Waals surface area contributed by atoms with E-state index in [-0.39, 0.29) is 0 Å². The number of morpholine rings is 1. The van der Waals surface area contributed by atoms with Gasteiger partial charge in [-0.2, -0.15) is 0 Å². The van der Waals surface area contributed by atoms with E-state index in [1.807, 2.05) is 0 Å². The van der Waals surface area contributed by atoms with E-state index in [1.165, 1.54) is 19.2 Å². The van der Waals surface area contributed by atoms with E-state index in [0.717, 1.165) is 31.8 Å². The Morgan fingerprint density at radius 1 is 1.33 bits per heavy atom. The van der Waals surface area contributed by atoms with Crippen molar-refractivity contribution in [3.05, 3.63) is 11.5 Å². The van der Waals surface area contributed by atoms with E-state index < -0.39 is 0 Å². The third-order valence-electron chi connectivity index (χ3n) is 3.82. The highest BCUT2D eigenvalue weighted by molar-refractivity contribution is 6.32. The molecule has 0 radical (unpaired) electrons. The lowest BCUT2D eigenvalue weighted by Crippen LogP contribution is -2.53. The van der Waals surface area contributed by atoms with Gasteiger partial charge in [-0.05, 0) is 12.8 Å². The first kappa shape index (κ1) is 12.0. The number of nitrogens with zero attached hydrogens (tertiary/aromatic N) is 3. The molecule has 2 heterocycles. The van der Waals surface area contributed by atoms with Crippen LogP contribution < -0.4 is 10.6 Å². The monoisotopic (exact) mass is 268 g/mol. The molecule has 5 nitrogen and oxygen atoms in total. The maximum atomic E-state index is 6.00. The highest BCUT2D eigenvalue weighted by Crippen LogP contribution is 2.34. The average molecular weight is 269 g/mol. The number of nitrogens with two attached hydrogens (primary N) is 1. The van der Waals surface area contributed by atoms with Crippen molar-refractivity contribution < 1.29 is 4.74 Å². The molecule has 3 rings (SSSR count). The van der Waals surface area contributed by atoms with Crippen LogP contribution in [0.15, 0.2) is 6.33 Å². The molecule has 6 heteroatoms. The van der Waals surface area contributed by atoms with Gasteiger partial charge in [-0.25, -0.2) is 9.97 Å². The van der Waals surface area contributed by atoms with Gasteiger partial charge in [0.2, 0.25) is 0 Å². The molecule has 2 fully saturated rings. The van der Waals surface area contributed by atoms with Gasteiger partial charge in [-0.15, -0.1) is 0 Å². The second-order valence-corrected chi connectivity index (χ2v) is 5.21. The zero-order valence-corrected chi connectivity index (χ0v) is 10.9. The van der Waals surface area contributed by atoms with Crippen LogP contribution in [0, 0.1) is 0 Å². The van der Waals surface area contributed by atoms with Gasteiger partial charge in [0.05, 0.1) is 18.8 Å². The van der Waals surface area contributed by atoms with E-state index in [2.05, 4.69) is 14.9 Å².